The lowest BCUT2D eigenvalue weighted by atomic mass is 10.2. The molecule has 1 aliphatic heterocycles. The largest absolute Gasteiger partial charge is 0.367 e. The Balaban J connectivity index is 1.46. The molecule has 3 rings (SSSR count). The van der Waals surface area contributed by atoms with Crippen LogP contribution in [-0.2, 0) is 16.1 Å². The van der Waals surface area contributed by atoms with Gasteiger partial charge in [0.2, 0.25) is 5.91 Å². The first-order chi connectivity index (χ1) is 11.6. The van der Waals surface area contributed by atoms with Gasteiger partial charge in [-0.25, -0.2) is 0 Å². The SMILES string of the molecule is O=C(COCc1cccs1)N1CCN(c2ccc(Cl)cc2Cl)CC1. The van der Waals surface area contributed by atoms with Gasteiger partial charge in [0, 0.05) is 36.1 Å². The fourth-order valence-corrected chi connectivity index (χ4v) is 3.83. The first-order valence-electron chi connectivity index (χ1n) is 7.71. The Kier molecular flexibility index (Phi) is 6.00. The monoisotopic (exact) mass is 384 g/mol. The molecule has 0 N–H and O–H groups in total. The zero-order valence-electron chi connectivity index (χ0n) is 13.1. The van der Waals surface area contributed by atoms with Crippen molar-refractivity contribution in [2.24, 2.45) is 0 Å². The van der Waals surface area contributed by atoms with Crippen molar-refractivity contribution in [2.75, 3.05) is 37.7 Å². The molecule has 2 aromatic rings. The van der Waals surface area contributed by atoms with Crippen LogP contribution in [0, 0.1) is 0 Å². The molecule has 4 nitrogen and oxygen atoms in total. The predicted molar refractivity (Wildman–Crippen MR) is 99.2 cm³/mol. The first-order valence-corrected chi connectivity index (χ1v) is 9.35. The molecule has 1 aromatic carbocycles. The highest BCUT2D eigenvalue weighted by Crippen LogP contribution is 2.29. The summed E-state index contributed by atoms with van der Waals surface area (Å²) in [4.78, 5) is 17.4. The van der Waals surface area contributed by atoms with Gasteiger partial charge in [-0.1, -0.05) is 29.3 Å². The lowest BCUT2D eigenvalue weighted by Crippen LogP contribution is -2.49. The fourth-order valence-electron chi connectivity index (χ4n) is 2.66. The normalized spacial score (nSPS) is 14.9. The fraction of sp³-hybridized carbons (Fsp3) is 0.353. The van der Waals surface area contributed by atoms with Gasteiger partial charge in [0.1, 0.15) is 6.61 Å². The zero-order chi connectivity index (χ0) is 16.9. The van der Waals surface area contributed by atoms with Gasteiger partial charge in [-0.15, -0.1) is 11.3 Å². The molecule has 0 spiro atoms. The Morgan fingerprint density at radius 3 is 2.62 bits per heavy atom. The Hall–Kier alpha value is -1.27. The second-order valence-electron chi connectivity index (χ2n) is 5.54. The highest BCUT2D eigenvalue weighted by Gasteiger charge is 2.22. The molecule has 24 heavy (non-hydrogen) atoms. The van der Waals surface area contributed by atoms with Gasteiger partial charge in [0.15, 0.2) is 0 Å². The molecule has 1 amide bonds. The zero-order valence-corrected chi connectivity index (χ0v) is 15.4. The van der Waals surface area contributed by atoms with Crippen LogP contribution < -0.4 is 4.90 Å². The molecule has 0 bridgehead atoms. The number of hydrogen-bond acceptors (Lipinski definition) is 4. The summed E-state index contributed by atoms with van der Waals surface area (Å²) < 4.78 is 5.51. The number of hydrogen-bond donors (Lipinski definition) is 0. The van der Waals surface area contributed by atoms with Crippen molar-refractivity contribution in [1.82, 2.24) is 4.90 Å². The molecule has 1 saturated heterocycles. The number of thiophene rings is 1. The minimum atomic E-state index is 0.0356. The average Bonchev–Trinajstić information content (AvgIpc) is 3.08. The number of ether oxygens (including phenoxy) is 1. The van der Waals surface area contributed by atoms with E-state index in [1.54, 1.807) is 17.4 Å². The van der Waals surface area contributed by atoms with Crippen LogP contribution in [0.3, 0.4) is 0 Å². The third kappa shape index (κ3) is 4.42. The Morgan fingerprint density at radius 1 is 1.17 bits per heavy atom. The number of carbonyl (C=O) groups is 1. The van der Waals surface area contributed by atoms with E-state index in [9.17, 15) is 4.79 Å². The number of carbonyl (C=O) groups excluding carboxylic acids is 1. The van der Waals surface area contributed by atoms with Crippen LogP contribution in [0.4, 0.5) is 5.69 Å². The van der Waals surface area contributed by atoms with E-state index in [4.69, 9.17) is 27.9 Å². The Labute approximate surface area is 155 Å². The maximum Gasteiger partial charge on any atom is 0.248 e. The molecule has 0 aliphatic carbocycles. The third-order valence-corrected chi connectivity index (χ3v) is 5.32. The van der Waals surface area contributed by atoms with Gasteiger partial charge in [-0.05, 0) is 29.6 Å². The van der Waals surface area contributed by atoms with Crippen molar-refractivity contribution in [2.45, 2.75) is 6.61 Å². The van der Waals surface area contributed by atoms with Gasteiger partial charge in [0.25, 0.3) is 0 Å². The molecule has 7 heteroatoms. The molecular weight excluding hydrogens is 367 g/mol. The lowest BCUT2D eigenvalue weighted by Gasteiger charge is -2.36. The van der Waals surface area contributed by atoms with Crippen molar-refractivity contribution in [3.8, 4) is 0 Å². The number of anilines is 1. The molecule has 1 aliphatic rings. The van der Waals surface area contributed by atoms with E-state index in [1.807, 2.05) is 34.5 Å². The second kappa shape index (κ2) is 8.21. The van der Waals surface area contributed by atoms with Gasteiger partial charge in [-0.2, -0.15) is 0 Å². The first kappa shape index (κ1) is 17.5. The number of piperazine rings is 1. The summed E-state index contributed by atoms with van der Waals surface area (Å²) in [6, 6.07) is 9.48. The maximum absolute atomic E-state index is 12.2. The number of rotatable bonds is 5. The number of nitrogens with zero attached hydrogens (tertiary/aromatic N) is 2. The van der Waals surface area contributed by atoms with E-state index in [1.165, 1.54) is 0 Å². The molecular formula is C17H18Cl2N2O2S. The number of halogens is 2. The van der Waals surface area contributed by atoms with E-state index in [2.05, 4.69) is 4.90 Å². The lowest BCUT2D eigenvalue weighted by molar-refractivity contribution is -0.136. The highest BCUT2D eigenvalue weighted by atomic mass is 35.5. The van der Waals surface area contributed by atoms with Crippen LogP contribution in [0.1, 0.15) is 4.88 Å². The minimum Gasteiger partial charge on any atom is -0.367 e. The smallest absolute Gasteiger partial charge is 0.248 e. The summed E-state index contributed by atoms with van der Waals surface area (Å²) in [5.41, 5.74) is 0.960. The summed E-state index contributed by atoms with van der Waals surface area (Å²) in [6.07, 6.45) is 0. The van der Waals surface area contributed by atoms with Crippen LogP contribution in [-0.4, -0.2) is 43.6 Å². The van der Waals surface area contributed by atoms with Crippen molar-refractivity contribution < 1.29 is 9.53 Å². The van der Waals surface area contributed by atoms with Crippen LogP contribution in [0.2, 0.25) is 10.0 Å². The highest BCUT2D eigenvalue weighted by molar-refractivity contribution is 7.09. The Morgan fingerprint density at radius 2 is 1.96 bits per heavy atom. The minimum absolute atomic E-state index is 0.0356. The van der Waals surface area contributed by atoms with E-state index < -0.39 is 0 Å². The molecule has 2 heterocycles. The average molecular weight is 385 g/mol. The molecule has 128 valence electrons. The molecule has 0 radical (unpaired) electrons. The van der Waals surface area contributed by atoms with Crippen molar-refractivity contribution in [3.63, 3.8) is 0 Å². The van der Waals surface area contributed by atoms with Crippen LogP contribution in [0.5, 0.6) is 0 Å². The van der Waals surface area contributed by atoms with Crippen molar-refractivity contribution >= 4 is 46.1 Å². The standard InChI is InChI=1S/C17H18Cl2N2O2S/c18-13-3-4-16(15(19)10-13)20-5-7-21(8-6-20)17(22)12-23-11-14-2-1-9-24-14/h1-4,9-10H,5-8,11-12H2. The molecule has 0 atom stereocenters. The van der Waals surface area contributed by atoms with Gasteiger partial charge >= 0.3 is 0 Å². The van der Waals surface area contributed by atoms with Crippen LogP contribution in [0.15, 0.2) is 35.7 Å². The topological polar surface area (TPSA) is 32.8 Å². The summed E-state index contributed by atoms with van der Waals surface area (Å²) in [5.74, 6) is 0.0356. The number of benzene rings is 1. The summed E-state index contributed by atoms with van der Waals surface area (Å²) in [5, 5.41) is 3.27. The van der Waals surface area contributed by atoms with E-state index in [0.29, 0.717) is 29.7 Å². The molecule has 0 unspecified atom stereocenters. The third-order valence-electron chi connectivity index (χ3n) is 3.93. The van der Waals surface area contributed by atoms with E-state index in [-0.39, 0.29) is 12.5 Å². The van der Waals surface area contributed by atoms with Gasteiger partial charge in [-0.3, -0.25) is 4.79 Å². The summed E-state index contributed by atoms with van der Waals surface area (Å²) in [6.45, 7) is 3.44. The van der Waals surface area contributed by atoms with Gasteiger partial charge < -0.3 is 14.5 Å². The van der Waals surface area contributed by atoms with Crippen molar-refractivity contribution in [1.29, 1.82) is 0 Å². The van der Waals surface area contributed by atoms with Crippen LogP contribution >= 0.6 is 34.5 Å². The maximum atomic E-state index is 12.2. The van der Waals surface area contributed by atoms with E-state index in [0.717, 1.165) is 23.7 Å². The molecule has 0 saturated carbocycles. The van der Waals surface area contributed by atoms with Crippen molar-refractivity contribution in [3.05, 3.63) is 50.6 Å². The summed E-state index contributed by atoms with van der Waals surface area (Å²) >= 11 is 13.8. The van der Waals surface area contributed by atoms with E-state index >= 15 is 0 Å². The quantitative estimate of drug-likeness (QED) is 0.782. The predicted octanol–water partition coefficient (Wildman–Crippen LogP) is 3.92. The number of amides is 1. The molecule has 1 aromatic heterocycles. The Bertz CT molecular complexity index is 686. The molecule has 1 fully saturated rings. The summed E-state index contributed by atoms with van der Waals surface area (Å²) in [7, 11) is 0. The second-order valence-corrected chi connectivity index (χ2v) is 7.41. The van der Waals surface area contributed by atoms with Crippen LogP contribution in [0.25, 0.3) is 0 Å². The van der Waals surface area contributed by atoms with Gasteiger partial charge in [0.05, 0.1) is 17.3 Å².